The maximum Gasteiger partial charge on any atom is 0.229 e. The molecule has 0 unspecified atom stereocenters. The van der Waals surface area contributed by atoms with Crippen LogP contribution < -0.4 is 0 Å². The summed E-state index contributed by atoms with van der Waals surface area (Å²) in [5.74, 6) is 0.833. The minimum Gasteiger partial charge on any atom is -0.467 e. The number of amides is 1. The number of furan rings is 1. The Bertz CT molecular complexity index is 750. The normalized spacial score (nSPS) is 10.7. The second kappa shape index (κ2) is 7.24. The Hall–Kier alpha value is -2.40. The van der Waals surface area contributed by atoms with E-state index in [-0.39, 0.29) is 5.91 Å². The average Bonchev–Trinajstić information content (AvgIpc) is 3.19. The van der Waals surface area contributed by atoms with Crippen LogP contribution in [0.2, 0.25) is 0 Å². The minimum absolute atomic E-state index is 0.0514. The monoisotopic (exact) mass is 326 g/mol. The molecule has 4 nitrogen and oxygen atoms in total. The van der Waals surface area contributed by atoms with Crippen molar-refractivity contribution in [2.45, 2.75) is 26.4 Å². The van der Waals surface area contributed by atoms with Gasteiger partial charge < -0.3 is 9.32 Å². The van der Waals surface area contributed by atoms with Gasteiger partial charge in [0.05, 0.1) is 29.9 Å². The molecule has 0 aliphatic carbocycles. The van der Waals surface area contributed by atoms with Gasteiger partial charge in [0, 0.05) is 11.9 Å². The number of hydrogen-bond donors (Lipinski definition) is 0. The standard InChI is InChI=1S/C18H18N2O2S/c1-14-19-16(13-23-14)10-18(21)20(12-17-8-5-9-22-17)11-15-6-3-2-4-7-15/h2-9,13H,10-12H2,1H3. The van der Waals surface area contributed by atoms with Crippen LogP contribution in [0.15, 0.2) is 58.5 Å². The number of rotatable bonds is 6. The largest absolute Gasteiger partial charge is 0.467 e. The number of nitrogens with zero attached hydrogens (tertiary/aromatic N) is 2. The number of thiazole rings is 1. The van der Waals surface area contributed by atoms with Crippen molar-refractivity contribution >= 4 is 17.2 Å². The highest BCUT2D eigenvalue weighted by Crippen LogP contribution is 2.14. The number of carbonyl (C=O) groups excluding carboxylic acids is 1. The maximum absolute atomic E-state index is 12.7. The van der Waals surface area contributed by atoms with Gasteiger partial charge in [-0.25, -0.2) is 4.98 Å². The highest BCUT2D eigenvalue weighted by Gasteiger charge is 2.17. The van der Waals surface area contributed by atoms with E-state index in [2.05, 4.69) is 4.98 Å². The van der Waals surface area contributed by atoms with Crippen molar-refractivity contribution in [1.82, 2.24) is 9.88 Å². The molecule has 1 aromatic carbocycles. The van der Waals surface area contributed by atoms with E-state index < -0.39 is 0 Å². The maximum atomic E-state index is 12.7. The third-order valence-electron chi connectivity index (χ3n) is 3.49. The topological polar surface area (TPSA) is 46.3 Å². The molecule has 3 aromatic rings. The lowest BCUT2D eigenvalue weighted by Gasteiger charge is -2.21. The van der Waals surface area contributed by atoms with Crippen LogP contribution >= 0.6 is 11.3 Å². The zero-order valence-corrected chi connectivity index (χ0v) is 13.8. The summed E-state index contributed by atoms with van der Waals surface area (Å²) in [6.45, 7) is 2.97. The predicted molar refractivity (Wildman–Crippen MR) is 90.0 cm³/mol. The van der Waals surface area contributed by atoms with Crippen LogP contribution in [-0.4, -0.2) is 15.8 Å². The first-order chi connectivity index (χ1) is 11.2. The molecule has 0 bridgehead atoms. The van der Waals surface area contributed by atoms with E-state index in [4.69, 9.17) is 4.42 Å². The molecule has 23 heavy (non-hydrogen) atoms. The van der Waals surface area contributed by atoms with Gasteiger partial charge in [-0.3, -0.25) is 4.79 Å². The molecule has 0 atom stereocenters. The lowest BCUT2D eigenvalue weighted by molar-refractivity contribution is -0.132. The zero-order valence-electron chi connectivity index (χ0n) is 12.9. The van der Waals surface area contributed by atoms with E-state index in [1.165, 1.54) is 0 Å². The first kappa shape index (κ1) is 15.5. The molecule has 3 rings (SSSR count). The zero-order chi connectivity index (χ0) is 16.1. The molecule has 2 heterocycles. The highest BCUT2D eigenvalue weighted by atomic mass is 32.1. The van der Waals surface area contributed by atoms with Crippen LogP contribution in [0.3, 0.4) is 0 Å². The van der Waals surface area contributed by atoms with Crippen molar-refractivity contribution in [3.63, 3.8) is 0 Å². The predicted octanol–water partition coefficient (Wildman–Crippen LogP) is 3.82. The summed E-state index contributed by atoms with van der Waals surface area (Å²) < 4.78 is 5.40. The Balaban J connectivity index is 1.74. The fraction of sp³-hybridized carbons (Fsp3) is 0.222. The van der Waals surface area contributed by atoms with Gasteiger partial charge in [0.25, 0.3) is 0 Å². The van der Waals surface area contributed by atoms with E-state index in [0.717, 1.165) is 22.0 Å². The summed E-state index contributed by atoms with van der Waals surface area (Å²) >= 11 is 1.57. The minimum atomic E-state index is 0.0514. The van der Waals surface area contributed by atoms with Gasteiger partial charge in [-0.15, -0.1) is 11.3 Å². The molecule has 0 fully saturated rings. The van der Waals surface area contributed by atoms with Crippen molar-refractivity contribution in [3.8, 4) is 0 Å². The third kappa shape index (κ3) is 4.29. The van der Waals surface area contributed by atoms with Crippen LogP contribution in [0.5, 0.6) is 0 Å². The Morgan fingerprint density at radius 1 is 1.17 bits per heavy atom. The molecule has 0 spiro atoms. The van der Waals surface area contributed by atoms with Gasteiger partial charge in [0.2, 0.25) is 5.91 Å². The van der Waals surface area contributed by atoms with E-state index in [0.29, 0.717) is 19.5 Å². The molecule has 0 aliphatic rings. The number of hydrogen-bond acceptors (Lipinski definition) is 4. The van der Waals surface area contributed by atoms with E-state index in [1.807, 2.05) is 59.7 Å². The molecular formula is C18H18N2O2S. The van der Waals surface area contributed by atoms with Gasteiger partial charge in [-0.05, 0) is 24.6 Å². The van der Waals surface area contributed by atoms with Crippen LogP contribution in [0.1, 0.15) is 22.0 Å². The van der Waals surface area contributed by atoms with Gasteiger partial charge in [0.1, 0.15) is 5.76 Å². The number of benzene rings is 1. The Morgan fingerprint density at radius 3 is 2.65 bits per heavy atom. The van der Waals surface area contributed by atoms with Crippen LogP contribution in [0.25, 0.3) is 0 Å². The molecule has 118 valence electrons. The quantitative estimate of drug-likeness (QED) is 0.692. The lowest BCUT2D eigenvalue weighted by Crippen LogP contribution is -2.31. The van der Waals surface area contributed by atoms with Crippen molar-refractivity contribution in [2.75, 3.05) is 0 Å². The molecule has 0 saturated heterocycles. The number of carbonyl (C=O) groups is 1. The fourth-order valence-corrected chi connectivity index (χ4v) is 3.00. The molecule has 0 radical (unpaired) electrons. The number of aromatic nitrogens is 1. The lowest BCUT2D eigenvalue weighted by atomic mass is 10.2. The Kier molecular flexibility index (Phi) is 4.88. The van der Waals surface area contributed by atoms with Crippen molar-refractivity contribution < 1.29 is 9.21 Å². The van der Waals surface area contributed by atoms with E-state index in [1.54, 1.807) is 17.6 Å². The van der Waals surface area contributed by atoms with E-state index in [9.17, 15) is 4.79 Å². The van der Waals surface area contributed by atoms with Crippen LogP contribution in [0.4, 0.5) is 0 Å². The second-order valence-corrected chi connectivity index (χ2v) is 6.41. The van der Waals surface area contributed by atoms with Crippen molar-refractivity contribution in [2.24, 2.45) is 0 Å². The number of aryl methyl sites for hydroxylation is 1. The summed E-state index contributed by atoms with van der Waals surface area (Å²) in [5, 5.41) is 2.93. The summed E-state index contributed by atoms with van der Waals surface area (Å²) in [6.07, 6.45) is 1.95. The molecule has 0 N–H and O–H groups in total. The Labute approximate surface area is 139 Å². The first-order valence-electron chi connectivity index (χ1n) is 7.46. The van der Waals surface area contributed by atoms with Gasteiger partial charge in [-0.2, -0.15) is 0 Å². The average molecular weight is 326 g/mol. The molecule has 0 aliphatic heterocycles. The first-order valence-corrected chi connectivity index (χ1v) is 8.34. The molecular weight excluding hydrogens is 308 g/mol. The summed E-state index contributed by atoms with van der Waals surface area (Å²) in [6, 6.07) is 13.7. The van der Waals surface area contributed by atoms with Crippen LogP contribution in [0, 0.1) is 6.92 Å². The summed E-state index contributed by atoms with van der Waals surface area (Å²) in [4.78, 5) is 18.9. The highest BCUT2D eigenvalue weighted by molar-refractivity contribution is 7.09. The van der Waals surface area contributed by atoms with Gasteiger partial charge >= 0.3 is 0 Å². The third-order valence-corrected chi connectivity index (χ3v) is 4.32. The fourth-order valence-electron chi connectivity index (χ4n) is 2.38. The molecule has 5 heteroatoms. The van der Waals surface area contributed by atoms with Gasteiger partial charge in [0.15, 0.2) is 0 Å². The summed E-state index contributed by atoms with van der Waals surface area (Å²) in [7, 11) is 0. The van der Waals surface area contributed by atoms with Gasteiger partial charge in [-0.1, -0.05) is 30.3 Å². The second-order valence-electron chi connectivity index (χ2n) is 5.35. The van der Waals surface area contributed by atoms with Crippen LogP contribution in [-0.2, 0) is 24.3 Å². The molecule has 1 amide bonds. The van der Waals surface area contributed by atoms with E-state index >= 15 is 0 Å². The summed E-state index contributed by atoms with van der Waals surface area (Å²) in [5.41, 5.74) is 1.93. The van der Waals surface area contributed by atoms with Crippen molar-refractivity contribution in [3.05, 3.63) is 76.1 Å². The molecule has 2 aromatic heterocycles. The Morgan fingerprint density at radius 2 is 2.00 bits per heavy atom. The molecule has 0 saturated carbocycles. The van der Waals surface area contributed by atoms with Crippen molar-refractivity contribution in [1.29, 1.82) is 0 Å². The SMILES string of the molecule is Cc1nc(CC(=O)N(Cc2ccccc2)Cc2ccco2)cs1. The smallest absolute Gasteiger partial charge is 0.229 e.